The fourth-order valence-electron chi connectivity index (χ4n) is 3.64. The van der Waals surface area contributed by atoms with Crippen molar-refractivity contribution in [3.8, 4) is 0 Å². The van der Waals surface area contributed by atoms with Crippen LogP contribution in [0.1, 0.15) is 47.1 Å². The van der Waals surface area contributed by atoms with Gasteiger partial charge in [-0.05, 0) is 55.8 Å². The zero-order chi connectivity index (χ0) is 21.5. The van der Waals surface area contributed by atoms with Crippen LogP contribution in [-0.2, 0) is 11.2 Å². The molecule has 2 aromatic carbocycles. The van der Waals surface area contributed by atoms with Gasteiger partial charge in [0.05, 0.1) is 23.5 Å². The predicted molar refractivity (Wildman–Crippen MR) is 120 cm³/mol. The van der Waals surface area contributed by atoms with Gasteiger partial charge in [-0.1, -0.05) is 26.0 Å². The number of hydrogen-bond acceptors (Lipinski definition) is 5. The maximum Gasteiger partial charge on any atom is 0.338 e. The minimum absolute atomic E-state index is 0.188. The highest BCUT2D eigenvalue weighted by Crippen LogP contribution is 2.29. The maximum absolute atomic E-state index is 12.9. The van der Waals surface area contributed by atoms with E-state index in [1.165, 1.54) is 5.56 Å². The first kappa shape index (κ1) is 21.8. The Bertz CT molecular complexity index is 872. The number of rotatable bonds is 7. The molecule has 0 atom stereocenters. The summed E-state index contributed by atoms with van der Waals surface area (Å²) in [6, 6.07) is 13.0. The zero-order valence-corrected chi connectivity index (χ0v) is 18.1. The molecule has 1 aliphatic rings. The van der Waals surface area contributed by atoms with Crippen LogP contribution in [0.3, 0.4) is 0 Å². The average Bonchev–Trinajstić information content (AvgIpc) is 2.79. The van der Waals surface area contributed by atoms with Gasteiger partial charge in [0.25, 0.3) is 5.91 Å². The summed E-state index contributed by atoms with van der Waals surface area (Å²) >= 11 is 0. The van der Waals surface area contributed by atoms with Gasteiger partial charge >= 0.3 is 5.97 Å². The smallest absolute Gasteiger partial charge is 0.338 e. The van der Waals surface area contributed by atoms with E-state index in [0.29, 0.717) is 23.4 Å². The van der Waals surface area contributed by atoms with E-state index in [1.54, 1.807) is 19.1 Å². The molecule has 160 valence electrons. The number of anilines is 2. The van der Waals surface area contributed by atoms with E-state index in [0.717, 1.165) is 44.8 Å². The van der Waals surface area contributed by atoms with Gasteiger partial charge in [0.1, 0.15) is 0 Å². The first-order chi connectivity index (χ1) is 14.5. The van der Waals surface area contributed by atoms with Crippen LogP contribution in [-0.4, -0.2) is 56.1 Å². The second-order valence-electron chi connectivity index (χ2n) is 7.38. The second kappa shape index (κ2) is 10.3. The Balaban J connectivity index is 1.86. The van der Waals surface area contributed by atoms with Gasteiger partial charge in [-0.3, -0.25) is 4.79 Å². The third-order valence-corrected chi connectivity index (χ3v) is 5.54. The first-order valence-electron chi connectivity index (χ1n) is 10.7. The largest absolute Gasteiger partial charge is 0.462 e. The summed E-state index contributed by atoms with van der Waals surface area (Å²) in [4.78, 5) is 29.8. The monoisotopic (exact) mass is 409 g/mol. The maximum atomic E-state index is 12.9. The van der Waals surface area contributed by atoms with E-state index in [2.05, 4.69) is 29.0 Å². The van der Waals surface area contributed by atoms with E-state index in [1.807, 2.05) is 30.3 Å². The fraction of sp³-hybridized carbons (Fsp3) is 0.417. The number of carbonyl (C=O) groups is 2. The molecule has 0 bridgehead atoms. The van der Waals surface area contributed by atoms with Gasteiger partial charge in [-0.25, -0.2) is 4.79 Å². The molecule has 1 aliphatic heterocycles. The molecule has 0 spiro atoms. The molecule has 1 saturated heterocycles. The molecule has 6 heteroatoms. The third-order valence-electron chi connectivity index (χ3n) is 5.54. The van der Waals surface area contributed by atoms with Crippen LogP contribution in [0.25, 0.3) is 0 Å². The van der Waals surface area contributed by atoms with E-state index >= 15 is 0 Å². The average molecular weight is 410 g/mol. The standard InChI is InChI=1S/C24H31N3O3/c1-4-18-7-9-19(10-8-18)23(28)25-21-17-20(24(29)30-6-3)11-12-22(21)27-15-13-26(5-2)14-16-27/h7-12,17H,4-6,13-16H2,1-3H3,(H,25,28). The molecule has 6 nitrogen and oxygen atoms in total. The molecule has 0 radical (unpaired) electrons. The van der Waals surface area contributed by atoms with Crippen molar-refractivity contribution in [3.05, 3.63) is 59.2 Å². The number of nitrogens with zero attached hydrogens (tertiary/aromatic N) is 2. The molecule has 0 aliphatic carbocycles. The van der Waals surface area contributed by atoms with Crippen molar-refractivity contribution in [1.29, 1.82) is 0 Å². The molecule has 3 rings (SSSR count). The lowest BCUT2D eigenvalue weighted by Crippen LogP contribution is -2.46. The Labute approximate surface area is 178 Å². The molecule has 1 amide bonds. The summed E-state index contributed by atoms with van der Waals surface area (Å²) < 4.78 is 5.14. The number of likely N-dealkylation sites (N-methyl/N-ethyl adjacent to an activating group) is 1. The van der Waals surface area contributed by atoms with E-state index < -0.39 is 0 Å². The predicted octanol–water partition coefficient (Wildman–Crippen LogP) is 3.82. The van der Waals surface area contributed by atoms with Crippen LogP contribution >= 0.6 is 0 Å². The summed E-state index contributed by atoms with van der Waals surface area (Å²) in [5, 5.41) is 3.02. The van der Waals surface area contributed by atoms with Gasteiger partial charge in [0.2, 0.25) is 0 Å². The molecule has 1 heterocycles. The molecular weight excluding hydrogens is 378 g/mol. The van der Waals surface area contributed by atoms with Crippen LogP contribution in [0.5, 0.6) is 0 Å². The number of ether oxygens (including phenoxy) is 1. The SMILES string of the molecule is CCOC(=O)c1ccc(N2CCN(CC)CC2)c(NC(=O)c2ccc(CC)cc2)c1. The van der Waals surface area contributed by atoms with Crippen LogP contribution in [0.4, 0.5) is 11.4 Å². The summed E-state index contributed by atoms with van der Waals surface area (Å²) in [7, 11) is 0. The van der Waals surface area contributed by atoms with Gasteiger partial charge in [-0.2, -0.15) is 0 Å². The minimum atomic E-state index is -0.386. The molecule has 30 heavy (non-hydrogen) atoms. The number of amides is 1. The lowest BCUT2D eigenvalue weighted by atomic mass is 10.1. The Morgan fingerprint density at radius 3 is 2.20 bits per heavy atom. The molecule has 0 saturated carbocycles. The van der Waals surface area contributed by atoms with Crippen LogP contribution in [0, 0.1) is 0 Å². The highest BCUT2D eigenvalue weighted by molar-refractivity contribution is 6.06. The summed E-state index contributed by atoms with van der Waals surface area (Å²) in [6.45, 7) is 11.1. The van der Waals surface area contributed by atoms with Crippen LogP contribution in [0.15, 0.2) is 42.5 Å². The normalized spacial score (nSPS) is 14.4. The number of esters is 1. The van der Waals surface area contributed by atoms with E-state index in [4.69, 9.17) is 4.74 Å². The zero-order valence-electron chi connectivity index (χ0n) is 18.1. The highest BCUT2D eigenvalue weighted by atomic mass is 16.5. The highest BCUT2D eigenvalue weighted by Gasteiger charge is 2.21. The quantitative estimate of drug-likeness (QED) is 0.705. The Hall–Kier alpha value is -2.86. The van der Waals surface area contributed by atoms with Crippen molar-refractivity contribution < 1.29 is 14.3 Å². The first-order valence-corrected chi connectivity index (χ1v) is 10.7. The molecule has 1 N–H and O–H groups in total. The number of piperazine rings is 1. The van der Waals surface area contributed by atoms with E-state index in [-0.39, 0.29) is 11.9 Å². The molecule has 0 unspecified atom stereocenters. The molecule has 0 aromatic heterocycles. The Kier molecular flexibility index (Phi) is 7.46. The number of nitrogens with one attached hydrogen (secondary N) is 1. The summed E-state index contributed by atoms with van der Waals surface area (Å²) in [5.41, 5.74) is 3.78. The van der Waals surface area contributed by atoms with Crippen LogP contribution in [0.2, 0.25) is 0 Å². The lowest BCUT2D eigenvalue weighted by Gasteiger charge is -2.36. The topological polar surface area (TPSA) is 61.9 Å². The summed E-state index contributed by atoms with van der Waals surface area (Å²) in [6.07, 6.45) is 0.928. The number of hydrogen-bond donors (Lipinski definition) is 1. The van der Waals surface area contributed by atoms with E-state index in [9.17, 15) is 9.59 Å². The number of carbonyl (C=O) groups excluding carboxylic acids is 2. The number of benzene rings is 2. The molecular formula is C24H31N3O3. The van der Waals surface area contributed by atoms with Crippen molar-refractivity contribution in [2.75, 3.05) is 49.5 Å². The van der Waals surface area contributed by atoms with Crippen molar-refractivity contribution in [2.45, 2.75) is 27.2 Å². The summed E-state index contributed by atoms with van der Waals surface area (Å²) in [5.74, 6) is -0.574. The van der Waals surface area contributed by atoms with Crippen molar-refractivity contribution in [2.24, 2.45) is 0 Å². The van der Waals surface area contributed by atoms with Gasteiger partial charge in [-0.15, -0.1) is 0 Å². The molecule has 1 fully saturated rings. The van der Waals surface area contributed by atoms with Crippen molar-refractivity contribution in [1.82, 2.24) is 4.90 Å². The Morgan fingerprint density at radius 2 is 1.60 bits per heavy atom. The van der Waals surface area contributed by atoms with Crippen LogP contribution < -0.4 is 10.2 Å². The van der Waals surface area contributed by atoms with Gasteiger partial charge in [0, 0.05) is 31.7 Å². The third kappa shape index (κ3) is 5.19. The minimum Gasteiger partial charge on any atom is -0.462 e. The fourth-order valence-corrected chi connectivity index (χ4v) is 3.64. The Morgan fingerprint density at radius 1 is 0.933 bits per heavy atom. The second-order valence-corrected chi connectivity index (χ2v) is 7.38. The van der Waals surface area contributed by atoms with Crippen molar-refractivity contribution in [3.63, 3.8) is 0 Å². The lowest BCUT2D eigenvalue weighted by molar-refractivity contribution is 0.0526. The van der Waals surface area contributed by atoms with Crippen molar-refractivity contribution >= 4 is 23.3 Å². The van der Waals surface area contributed by atoms with Gasteiger partial charge in [0.15, 0.2) is 0 Å². The number of aryl methyl sites for hydroxylation is 1. The molecule has 2 aromatic rings. The van der Waals surface area contributed by atoms with Gasteiger partial charge < -0.3 is 19.9 Å².